The number of carbonyl (C=O) groups is 2. The number of carbonyl (C=O) groups excluding carboxylic acids is 2. The number of para-hydroxylation sites is 1. The highest BCUT2D eigenvalue weighted by molar-refractivity contribution is 5.90. The van der Waals surface area contributed by atoms with Crippen LogP contribution in [0.4, 0.5) is 5.82 Å². The average Bonchev–Trinajstić information content (AvgIpc) is 3.41. The Bertz CT molecular complexity index is 1210. The van der Waals surface area contributed by atoms with E-state index < -0.39 is 17.7 Å². The molecule has 2 bridgehead atoms. The van der Waals surface area contributed by atoms with Crippen LogP contribution in [0.5, 0.6) is 5.75 Å². The number of quaternary nitrogens is 1. The summed E-state index contributed by atoms with van der Waals surface area (Å²) in [6, 6.07) is 17.3. The lowest BCUT2D eigenvalue weighted by molar-refractivity contribution is -0.939. The van der Waals surface area contributed by atoms with Crippen molar-refractivity contribution in [2.24, 2.45) is 5.92 Å². The summed E-state index contributed by atoms with van der Waals surface area (Å²) in [5.41, 5.74) is -1.33. The number of rotatable bonds is 8. The SMILES string of the molecule is COc1ccccc1C(O)(C(=O)O[C@H]1C[N+]2(CC(=O)Nc3ccon3)CCC1CC2)c1ccccc1. The lowest BCUT2D eigenvalue weighted by Crippen LogP contribution is -2.66. The summed E-state index contributed by atoms with van der Waals surface area (Å²) in [6.07, 6.45) is 2.67. The summed E-state index contributed by atoms with van der Waals surface area (Å²) in [5.74, 6) is 0.0390. The van der Waals surface area contributed by atoms with Gasteiger partial charge in [0.15, 0.2) is 18.5 Å². The third-order valence-corrected chi connectivity index (χ3v) is 7.47. The molecule has 36 heavy (non-hydrogen) atoms. The fourth-order valence-corrected chi connectivity index (χ4v) is 5.57. The van der Waals surface area contributed by atoms with Crippen molar-refractivity contribution in [1.82, 2.24) is 5.16 Å². The number of benzene rings is 2. The molecule has 3 saturated heterocycles. The molecule has 2 atom stereocenters. The molecule has 6 rings (SSSR count). The van der Waals surface area contributed by atoms with Crippen LogP contribution in [-0.4, -0.2) is 66.0 Å². The second kappa shape index (κ2) is 9.75. The van der Waals surface area contributed by atoms with Crippen LogP contribution in [0.25, 0.3) is 0 Å². The molecule has 0 spiro atoms. The van der Waals surface area contributed by atoms with Gasteiger partial charge in [0.25, 0.3) is 5.91 Å². The lowest BCUT2D eigenvalue weighted by Gasteiger charge is -2.51. The topological polar surface area (TPSA) is 111 Å². The van der Waals surface area contributed by atoms with Crippen molar-refractivity contribution in [3.05, 3.63) is 78.1 Å². The van der Waals surface area contributed by atoms with Crippen molar-refractivity contribution in [3.8, 4) is 5.75 Å². The minimum Gasteiger partial charge on any atom is -0.496 e. The maximum atomic E-state index is 13.8. The van der Waals surface area contributed by atoms with E-state index in [0.29, 0.717) is 33.7 Å². The van der Waals surface area contributed by atoms with Gasteiger partial charge in [-0.25, -0.2) is 4.79 Å². The van der Waals surface area contributed by atoms with Gasteiger partial charge in [-0.15, -0.1) is 0 Å². The number of fused-ring (bicyclic) bond motifs is 3. The standard InChI is InChI=1S/C27H29N3O6/c1-34-22-10-6-5-9-21(22)27(33,20-7-3-2-4-8-20)26(32)36-23-17-30(14-11-19(23)12-15-30)18-25(31)28-24-13-16-35-29-24/h2-10,13,16,19,23,33H,11-12,14-15,17-18H2,1H3/p+1/t19?,23-,27?,30?/m0/s1. The Kier molecular flexibility index (Phi) is 6.51. The molecule has 1 aromatic heterocycles. The molecule has 188 valence electrons. The number of esters is 1. The van der Waals surface area contributed by atoms with Crippen LogP contribution < -0.4 is 10.1 Å². The molecule has 3 aliphatic rings. The molecule has 3 aliphatic heterocycles. The van der Waals surface area contributed by atoms with Gasteiger partial charge in [0.1, 0.15) is 18.6 Å². The van der Waals surface area contributed by atoms with E-state index >= 15 is 0 Å². The van der Waals surface area contributed by atoms with E-state index in [1.807, 2.05) is 6.07 Å². The number of nitrogens with zero attached hydrogens (tertiary/aromatic N) is 2. The van der Waals surface area contributed by atoms with Gasteiger partial charge < -0.3 is 28.9 Å². The number of anilines is 1. The van der Waals surface area contributed by atoms with E-state index in [4.69, 9.17) is 14.0 Å². The van der Waals surface area contributed by atoms with Crippen molar-refractivity contribution in [1.29, 1.82) is 0 Å². The number of hydrogen-bond donors (Lipinski definition) is 2. The summed E-state index contributed by atoms with van der Waals surface area (Å²) in [4.78, 5) is 26.5. The van der Waals surface area contributed by atoms with Crippen LogP contribution >= 0.6 is 0 Å². The van der Waals surface area contributed by atoms with Gasteiger partial charge in [0.05, 0.1) is 20.2 Å². The molecule has 4 heterocycles. The minimum absolute atomic E-state index is 0.163. The first-order valence-corrected chi connectivity index (χ1v) is 12.1. The van der Waals surface area contributed by atoms with Gasteiger partial charge in [-0.05, 0) is 11.6 Å². The zero-order valence-electron chi connectivity index (χ0n) is 20.1. The normalized spacial score (nSPS) is 24.5. The highest BCUT2D eigenvalue weighted by Gasteiger charge is 2.51. The molecule has 0 saturated carbocycles. The summed E-state index contributed by atoms with van der Waals surface area (Å²) in [5, 5.41) is 18.4. The predicted molar refractivity (Wildman–Crippen MR) is 130 cm³/mol. The number of aliphatic hydroxyl groups is 1. The van der Waals surface area contributed by atoms with Gasteiger partial charge in [-0.1, -0.05) is 53.7 Å². The fourth-order valence-electron chi connectivity index (χ4n) is 5.57. The summed E-state index contributed by atoms with van der Waals surface area (Å²) in [6.45, 7) is 2.43. The van der Waals surface area contributed by atoms with Crippen molar-refractivity contribution in [3.63, 3.8) is 0 Å². The van der Waals surface area contributed by atoms with Crippen LogP contribution in [-0.2, 0) is 19.9 Å². The number of amides is 1. The van der Waals surface area contributed by atoms with Gasteiger partial charge in [-0.3, -0.25) is 4.79 Å². The first kappa shape index (κ1) is 24.0. The molecule has 1 amide bonds. The second-order valence-corrected chi connectivity index (χ2v) is 9.62. The van der Waals surface area contributed by atoms with Crippen molar-refractivity contribution >= 4 is 17.7 Å². The quantitative estimate of drug-likeness (QED) is 0.367. The van der Waals surface area contributed by atoms with Crippen LogP contribution in [0.3, 0.4) is 0 Å². The zero-order valence-corrected chi connectivity index (χ0v) is 20.1. The van der Waals surface area contributed by atoms with Crippen LogP contribution in [0.15, 0.2) is 71.4 Å². The van der Waals surface area contributed by atoms with E-state index in [-0.39, 0.29) is 18.4 Å². The van der Waals surface area contributed by atoms with Crippen LogP contribution in [0.2, 0.25) is 0 Å². The van der Waals surface area contributed by atoms with E-state index in [1.165, 1.54) is 13.4 Å². The number of hydrogen-bond acceptors (Lipinski definition) is 7. The second-order valence-electron chi connectivity index (χ2n) is 9.62. The smallest absolute Gasteiger partial charge is 0.348 e. The Hall–Kier alpha value is -3.69. The number of aromatic nitrogens is 1. The Morgan fingerprint density at radius 2 is 1.83 bits per heavy atom. The predicted octanol–water partition coefficient (Wildman–Crippen LogP) is 2.71. The molecule has 2 aromatic carbocycles. The number of nitrogens with one attached hydrogen (secondary N) is 1. The van der Waals surface area contributed by atoms with E-state index in [1.54, 1.807) is 54.6 Å². The first-order valence-electron chi connectivity index (χ1n) is 12.1. The molecule has 2 N–H and O–H groups in total. The van der Waals surface area contributed by atoms with E-state index in [0.717, 1.165) is 25.9 Å². The van der Waals surface area contributed by atoms with Gasteiger partial charge in [0.2, 0.25) is 5.60 Å². The number of piperidine rings is 3. The van der Waals surface area contributed by atoms with Crippen LogP contribution in [0.1, 0.15) is 24.0 Å². The third-order valence-electron chi connectivity index (χ3n) is 7.47. The highest BCUT2D eigenvalue weighted by atomic mass is 16.6. The molecule has 3 fully saturated rings. The van der Waals surface area contributed by atoms with Crippen LogP contribution in [0, 0.1) is 5.92 Å². The Morgan fingerprint density at radius 3 is 2.53 bits per heavy atom. The molecule has 9 heteroatoms. The summed E-state index contributed by atoms with van der Waals surface area (Å²) >= 11 is 0. The number of methoxy groups -OCH3 is 1. The van der Waals surface area contributed by atoms with Crippen molar-refractivity contribution < 1.29 is 33.2 Å². The molecule has 0 radical (unpaired) electrons. The number of ether oxygens (including phenoxy) is 2. The fraction of sp³-hybridized carbons (Fsp3) is 0.370. The lowest BCUT2D eigenvalue weighted by atomic mass is 9.82. The van der Waals surface area contributed by atoms with E-state index in [9.17, 15) is 14.7 Å². The molecular formula is C27H30N3O6+. The minimum atomic E-state index is -2.05. The maximum absolute atomic E-state index is 13.8. The molecule has 3 aromatic rings. The van der Waals surface area contributed by atoms with Crippen molar-refractivity contribution in [2.45, 2.75) is 24.5 Å². The molecular weight excluding hydrogens is 462 g/mol. The monoisotopic (exact) mass is 492 g/mol. The largest absolute Gasteiger partial charge is 0.496 e. The molecule has 0 aliphatic carbocycles. The summed E-state index contributed by atoms with van der Waals surface area (Å²) in [7, 11) is 1.50. The molecule has 1 unspecified atom stereocenters. The Balaban J connectivity index is 1.38. The Labute approximate surface area is 209 Å². The average molecular weight is 493 g/mol. The highest BCUT2D eigenvalue weighted by Crippen LogP contribution is 2.40. The van der Waals surface area contributed by atoms with Gasteiger partial charge in [-0.2, -0.15) is 0 Å². The zero-order chi connectivity index (χ0) is 25.2. The van der Waals surface area contributed by atoms with Gasteiger partial charge >= 0.3 is 5.97 Å². The Morgan fingerprint density at radius 1 is 1.11 bits per heavy atom. The maximum Gasteiger partial charge on any atom is 0.348 e. The van der Waals surface area contributed by atoms with Crippen molar-refractivity contribution in [2.75, 3.05) is 38.6 Å². The van der Waals surface area contributed by atoms with Gasteiger partial charge in [0, 0.05) is 30.4 Å². The third kappa shape index (κ3) is 4.47. The first-order chi connectivity index (χ1) is 17.4. The summed E-state index contributed by atoms with van der Waals surface area (Å²) < 4.78 is 16.9. The molecule has 9 nitrogen and oxygen atoms in total. The van der Waals surface area contributed by atoms with E-state index in [2.05, 4.69) is 10.5 Å².